The Balaban J connectivity index is 1.62. The van der Waals surface area contributed by atoms with E-state index < -0.39 is 28.1 Å². The number of amides is 1. The number of carbonyl (C=O) groups excluding carboxylic acids is 1. The van der Waals surface area contributed by atoms with E-state index in [2.05, 4.69) is 10.6 Å². The van der Waals surface area contributed by atoms with Gasteiger partial charge in [0.2, 0.25) is 15.9 Å². The number of carbonyl (C=O) groups is 1. The molecule has 0 heterocycles. The summed E-state index contributed by atoms with van der Waals surface area (Å²) in [5.74, 6) is 0.0603. The zero-order chi connectivity index (χ0) is 30.2. The first-order chi connectivity index (χ1) is 20.3. The number of nitrogens with one attached hydrogen (secondary N) is 2. The highest BCUT2D eigenvalue weighted by Gasteiger charge is 2.25. The number of rotatable bonds is 19. The maximum atomic E-state index is 13.0. The summed E-state index contributed by atoms with van der Waals surface area (Å²) in [7, 11) is -3.55. The van der Waals surface area contributed by atoms with Crippen LogP contribution < -0.4 is 15.4 Å². The van der Waals surface area contributed by atoms with Crippen molar-refractivity contribution in [2.24, 2.45) is 0 Å². The fraction of sp³-hybridized carbons (Fsp3) is 0.424. The van der Waals surface area contributed by atoms with Crippen LogP contribution in [0.4, 0.5) is 0 Å². The van der Waals surface area contributed by atoms with E-state index >= 15 is 0 Å². The third kappa shape index (κ3) is 11.6. The van der Waals surface area contributed by atoms with Gasteiger partial charge in [0, 0.05) is 32.6 Å². The largest absolute Gasteiger partial charge is 0.489 e. The lowest BCUT2D eigenvalue weighted by Gasteiger charge is -2.25. The maximum absolute atomic E-state index is 13.0. The fourth-order valence-corrected chi connectivity index (χ4v) is 6.24. The molecule has 42 heavy (non-hydrogen) atoms. The first kappa shape index (κ1) is 33.3. The summed E-state index contributed by atoms with van der Waals surface area (Å²) < 4.78 is 33.1. The van der Waals surface area contributed by atoms with Crippen molar-refractivity contribution in [3.63, 3.8) is 0 Å². The SMILES string of the molecule is CCCN(CCC)S(=O)(=O)CCC(=O)N[C@@H](Cc1ccc(OCc2ccccc2)cc1)[C@@H](O)CNCc1ccccc1. The summed E-state index contributed by atoms with van der Waals surface area (Å²) in [6, 6.07) is 26.8. The second-order valence-electron chi connectivity index (χ2n) is 10.4. The number of sulfonamides is 1. The molecule has 3 N–H and O–H groups in total. The van der Waals surface area contributed by atoms with Crippen LogP contribution in [0.15, 0.2) is 84.9 Å². The van der Waals surface area contributed by atoms with Gasteiger partial charge >= 0.3 is 0 Å². The van der Waals surface area contributed by atoms with Gasteiger partial charge in [0.25, 0.3) is 0 Å². The van der Waals surface area contributed by atoms with Gasteiger partial charge < -0.3 is 20.5 Å². The molecule has 0 saturated carbocycles. The molecule has 3 aromatic rings. The third-order valence-corrected chi connectivity index (χ3v) is 8.76. The molecule has 0 aliphatic heterocycles. The van der Waals surface area contributed by atoms with E-state index in [4.69, 9.17) is 4.74 Å². The highest BCUT2D eigenvalue weighted by atomic mass is 32.2. The molecular weight excluding hydrogens is 550 g/mol. The Hall–Kier alpha value is -3.24. The van der Waals surface area contributed by atoms with Crippen LogP contribution in [0.25, 0.3) is 0 Å². The number of hydrogen-bond acceptors (Lipinski definition) is 6. The lowest BCUT2D eigenvalue weighted by atomic mass is 10.0. The van der Waals surface area contributed by atoms with Crippen molar-refractivity contribution >= 4 is 15.9 Å². The standard InChI is InChI=1S/C33H45N3O5S/c1-3-20-36(21-4-2)42(39,40)22-19-33(38)35-31(32(37)25-34-24-28-11-7-5-8-12-28)23-27-15-17-30(18-16-27)41-26-29-13-9-6-10-14-29/h5-18,31-32,34,37H,3-4,19-26H2,1-2H3,(H,35,38)/t31-,32-/m0/s1. The van der Waals surface area contributed by atoms with E-state index in [0.29, 0.717) is 45.5 Å². The minimum atomic E-state index is -3.55. The predicted molar refractivity (Wildman–Crippen MR) is 168 cm³/mol. The molecule has 8 nitrogen and oxygen atoms in total. The van der Waals surface area contributed by atoms with E-state index in [1.165, 1.54) is 4.31 Å². The fourth-order valence-electron chi connectivity index (χ4n) is 4.62. The lowest BCUT2D eigenvalue weighted by molar-refractivity contribution is -0.122. The Kier molecular flexibility index (Phi) is 14.0. The van der Waals surface area contributed by atoms with Gasteiger partial charge in [-0.3, -0.25) is 4.79 Å². The molecule has 0 spiro atoms. The molecule has 0 saturated heterocycles. The normalized spacial score (nSPS) is 13.0. The Morgan fingerprint density at radius 2 is 1.45 bits per heavy atom. The number of aliphatic hydroxyl groups excluding tert-OH is 1. The molecule has 3 aromatic carbocycles. The summed E-state index contributed by atoms with van der Waals surface area (Å²) in [6.07, 6.45) is 0.750. The summed E-state index contributed by atoms with van der Waals surface area (Å²) in [4.78, 5) is 13.0. The average molecular weight is 596 g/mol. The Morgan fingerprint density at radius 1 is 0.857 bits per heavy atom. The molecule has 0 unspecified atom stereocenters. The number of benzene rings is 3. The first-order valence-electron chi connectivity index (χ1n) is 14.8. The highest BCUT2D eigenvalue weighted by Crippen LogP contribution is 2.16. The van der Waals surface area contributed by atoms with Crippen molar-refractivity contribution in [1.29, 1.82) is 0 Å². The molecule has 1 amide bonds. The number of ether oxygens (including phenoxy) is 1. The molecular formula is C33H45N3O5S. The quantitative estimate of drug-likeness (QED) is 0.191. The van der Waals surface area contributed by atoms with Crippen molar-refractivity contribution in [3.05, 3.63) is 102 Å². The highest BCUT2D eigenvalue weighted by molar-refractivity contribution is 7.89. The van der Waals surface area contributed by atoms with Crippen LogP contribution in [-0.2, 0) is 34.4 Å². The van der Waals surface area contributed by atoms with Gasteiger partial charge in [0.15, 0.2) is 0 Å². The lowest BCUT2D eigenvalue weighted by Crippen LogP contribution is -2.49. The van der Waals surface area contributed by atoms with Crippen LogP contribution in [0.5, 0.6) is 5.75 Å². The topological polar surface area (TPSA) is 108 Å². The van der Waals surface area contributed by atoms with Gasteiger partial charge in [0.1, 0.15) is 12.4 Å². The van der Waals surface area contributed by atoms with Gasteiger partial charge in [-0.1, -0.05) is 86.6 Å². The summed E-state index contributed by atoms with van der Waals surface area (Å²) in [6.45, 7) is 6.05. The third-order valence-electron chi connectivity index (χ3n) is 6.89. The second-order valence-corrected chi connectivity index (χ2v) is 12.5. The van der Waals surface area contributed by atoms with Gasteiger partial charge in [-0.05, 0) is 48.1 Å². The Bertz CT molecular complexity index is 1280. The molecule has 228 valence electrons. The van der Waals surface area contributed by atoms with Gasteiger partial charge in [-0.25, -0.2) is 12.7 Å². The van der Waals surface area contributed by atoms with Crippen LogP contribution in [0.2, 0.25) is 0 Å². The minimum Gasteiger partial charge on any atom is -0.489 e. The van der Waals surface area contributed by atoms with E-state index in [1.807, 2.05) is 98.8 Å². The van der Waals surface area contributed by atoms with Crippen LogP contribution in [0.3, 0.4) is 0 Å². The van der Waals surface area contributed by atoms with Gasteiger partial charge in [-0.15, -0.1) is 0 Å². The Labute approximate surface area is 251 Å². The molecule has 0 radical (unpaired) electrons. The zero-order valence-corrected chi connectivity index (χ0v) is 25.6. The van der Waals surface area contributed by atoms with Gasteiger partial charge in [0.05, 0.1) is 17.9 Å². The number of nitrogens with zero attached hydrogens (tertiary/aromatic N) is 1. The van der Waals surface area contributed by atoms with E-state index in [1.54, 1.807) is 0 Å². The first-order valence-corrected chi connectivity index (χ1v) is 16.4. The molecule has 9 heteroatoms. The van der Waals surface area contributed by atoms with E-state index in [0.717, 1.165) is 22.4 Å². The second kappa shape index (κ2) is 17.7. The van der Waals surface area contributed by atoms with Crippen molar-refractivity contribution in [2.45, 2.75) is 64.8 Å². The van der Waals surface area contributed by atoms with E-state index in [-0.39, 0.29) is 18.7 Å². The van der Waals surface area contributed by atoms with Crippen molar-refractivity contribution < 1.29 is 23.1 Å². The number of aliphatic hydroxyl groups is 1. The smallest absolute Gasteiger partial charge is 0.221 e. The molecule has 0 aliphatic carbocycles. The maximum Gasteiger partial charge on any atom is 0.221 e. The molecule has 0 bridgehead atoms. The van der Waals surface area contributed by atoms with Crippen LogP contribution in [0, 0.1) is 0 Å². The summed E-state index contributed by atoms with van der Waals surface area (Å²) in [5.41, 5.74) is 3.08. The zero-order valence-electron chi connectivity index (χ0n) is 24.7. The predicted octanol–water partition coefficient (Wildman–Crippen LogP) is 4.29. The van der Waals surface area contributed by atoms with E-state index in [9.17, 15) is 18.3 Å². The summed E-state index contributed by atoms with van der Waals surface area (Å²) in [5, 5.41) is 17.3. The van der Waals surface area contributed by atoms with Crippen LogP contribution in [-0.4, -0.2) is 61.3 Å². The monoisotopic (exact) mass is 595 g/mol. The molecule has 0 fully saturated rings. The minimum absolute atomic E-state index is 0.167. The van der Waals surface area contributed by atoms with Crippen LogP contribution in [0.1, 0.15) is 49.8 Å². The van der Waals surface area contributed by atoms with Crippen molar-refractivity contribution in [3.8, 4) is 5.75 Å². The Morgan fingerprint density at radius 3 is 2.05 bits per heavy atom. The van der Waals surface area contributed by atoms with Crippen molar-refractivity contribution in [2.75, 3.05) is 25.4 Å². The van der Waals surface area contributed by atoms with Crippen LogP contribution >= 0.6 is 0 Å². The summed E-state index contributed by atoms with van der Waals surface area (Å²) >= 11 is 0. The molecule has 2 atom stereocenters. The van der Waals surface area contributed by atoms with Crippen molar-refractivity contribution in [1.82, 2.24) is 14.9 Å². The average Bonchev–Trinajstić information content (AvgIpc) is 3.00. The van der Waals surface area contributed by atoms with Gasteiger partial charge in [-0.2, -0.15) is 0 Å². The molecule has 3 rings (SSSR count). The molecule has 0 aliphatic rings. The number of hydrogen-bond donors (Lipinski definition) is 3. The molecule has 0 aromatic heterocycles.